The molecule has 0 heterocycles. The Kier molecular flexibility index (Phi) is 6.05. The predicted octanol–water partition coefficient (Wildman–Crippen LogP) is 1.63. The van der Waals surface area contributed by atoms with Crippen LogP contribution in [0.15, 0.2) is 0 Å². The summed E-state index contributed by atoms with van der Waals surface area (Å²) in [5.74, 6) is -0.463. The Labute approximate surface area is 92.3 Å². The van der Waals surface area contributed by atoms with E-state index in [1.165, 1.54) is 0 Å². The lowest BCUT2D eigenvalue weighted by Gasteiger charge is -2.23. The Morgan fingerprint density at radius 3 is 2.54 bits per heavy atom. The van der Waals surface area contributed by atoms with Crippen molar-refractivity contribution in [3.05, 3.63) is 0 Å². The fourth-order valence-corrected chi connectivity index (χ4v) is 0.886. The van der Waals surface area contributed by atoms with Gasteiger partial charge in [0.2, 0.25) is 5.91 Å². The second-order valence-electron chi connectivity index (χ2n) is 2.61. The second-order valence-corrected chi connectivity index (χ2v) is 4.42. The monoisotopic (exact) mass is 247 g/mol. The van der Waals surface area contributed by atoms with Crippen LogP contribution in [-0.4, -0.2) is 27.5 Å². The molecule has 0 spiro atoms. The van der Waals surface area contributed by atoms with Crippen molar-refractivity contribution < 1.29 is 9.90 Å². The Morgan fingerprint density at radius 1 is 1.62 bits per heavy atom. The van der Waals surface area contributed by atoms with Gasteiger partial charge in [-0.3, -0.25) is 4.79 Å². The highest BCUT2D eigenvalue weighted by molar-refractivity contribution is 6.52. The molecule has 3 nitrogen and oxygen atoms in total. The minimum Gasteiger partial charge on any atom is -0.370 e. The number of aliphatic hydroxyl groups is 1. The molecule has 0 aliphatic rings. The van der Waals surface area contributed by atoms with E-state index >= 15 is 0 Å². The number of alkyl halides is 3. The lowest BCUT2D eigenvalue weighted by Crippen LogP contribution is -2.47. The molecular formula is C7H12Cl3NO2. The highest BCUT2D eigenvalue weighted by Crippen LogP contribution is 2.25. The average molecular weight is 249 g/mol. The molecule has 1 atom stereocenters. The first kappa shape index (κ1) is 13.3. The number of halogens is 3. The van der Waals surface area contributed by atoms with Crippen molar-refractivity contribution in [3.63, 3.8) is 0 Å². The van der Waals surface area contributed by atoms with Crippen molar-refractivity contribution >= 4 is 40.7 Å². The quantitative estimate of drug-likeness (QED) is 0.574. The number of carbonyl (C=O) groups is 1. The maximum Gasteiger partial charge on any atom is 0.222 e. The number of hydrogen-bond acceptors (Lipinski definition) is 2. The first-order valence-corrected chi connectivity index (χ1v) is 5.14. The average Bonchev–Trinajstić information content (AvgIpc) is 2.04. The summed E-state index contributed by atoms with van der Waals surface area (Å²) in [6.07, 6.45) is -0.326. The molecule has 0 saturated carbocycles. The summed E-state index contributed by atoms with van der Waals surface area (Å²) in [5.41, 5.74) is 0. The zero-order valence-corrected chi connectivity index (χ0v) is 9.46. The second kappa shape index (κ2) is 5.91. The third-order valence-electron chi connectivity index (χ3n) is 1.35. The maximum absolute atomic E-state index is 11.0. The van der Waals surface area contributed by atoms with Gasteiger partial charge in [-0.15, -0.1) is 11.6 Å². The number of hydrogen-bond donors (Lipinski definition) is 2. The minimum atomic E-state index is -1.54. The Morgan fingerprint density at radius 2 is 2.15 bits per heavy atom. The van der Waals surface area contributed by atoms with Gasteiger partial charge in [0.15, 0.2) is 10.6 Å². The molecule has 0 aliphatic carbocycles. The van der Waals surface area contributed by atoms with Crippen LogP contribution < -0.4 is 5.32 Å². The van der Waals surface area contributed by atoms with E-state index in [0.717, 1.165) is 0 Å². The molecule has 0 aromatic heterocycles. The highest BCUT2D eigenvalue weighted by Gasteiger charge is 2.33. The SMILES string of the molecule is CCCC(=O)NC(O)C(Cl)(Cl)CCl. The van der Waals surface area contributed by atoms with E-state index in [2.05, 4.69) is 5.32 Å². The molecule has 0 fully saturated rings. The molecule has 0 bridgehead atoms. The van der Waals surface area contributed by atoms with Gasteiger partial charge in [-0.1, -0.05) is 30.1 Å². The Bertz CT molecular complexity index is 175. The van der Waals surface area contributed by atoms with E-state index < -0.39 is 10.6 Å². The van der Waals surface area contributed by atoms with Crippen LogP contribution in [0.2, 0.25) is 0 Å². The standard InChI is InChI=1S/C7H12Cl3NO2/c1-2-3-5(12)11-6(13)7(9,10)4-8/h6,13H,2-4H2,1H3,(H,11,12). The van der Waals surface area contributed by atoms with E-state index in [0.29, 0.717) is 12.8 Å². The number of carbonyl (C=O) groups excluding carboxylic acids is 1. The molecule has 6 heteroatoms. The molecule has 78 valence electrons. The van der Waals surface area contributed by atoms with Crippen LogP contribution in [0.5, 0.6) is 0 Å². The lowest BCUT2D eigenvalue weighted by atomic mass is 10.3. The summed E-state index contributed by atoms with van der Waals surface area (Å²) in [7, 11) is 0. The van der Waals surface area contributed by atoms with Gasteiger partial charge in [-0.25, -0.2) is 0 Å². The number of rotatable bonds is 5. The maximum atomic E-state index is 11.0. The molecule has 1 unspecified atom stereocenters. The smallest absolute Gasteiger partial charge is 0.222 e. The lowest BCUT2D eigenvalue weighted by molar-refractivity contribution is -0.124. The molecule has 0 saturated heterocycles. The van der Waals surface area contributed by atoms with Crippen LogP contribution in [-0.2, 0) is 4.79 Å². The molecule has 1 amide bonds. The van der Waals surface area contributed by atoms with Gasteiger partial charge >= 0.3 is 0 Å². The van der Waals surface area contributed by atoms with Gasteiger partial charge in [-0.2, -0.15) is 0 Å². The highest BCUT2D eigenvalue weighted by atomic mass is 35.5. The molecular weight excluding hydrogens is 236 g/mol. The van der Waals surface area contributed by atoms with E-state index in [1.807, 2.05) is 6.92 Å². The van der Waals surface area contributed by atoms with Crippen molar-refractivity contribution in [2.45, 2.75) is 30.3 Å². The van der Waals surface area contributed by atoms with E-state index in [4.69, 9.17) is 34.8 Å². The van der Waals surface area contributed by atoms with E-state index in [9.17, 15) is 9.90 Å². The summed E-state index contributed by atoms with van der Waals surface area (Å²) in [4.78, 5) is 11.0. The number of nitrogens with one attached hydrogen (secondary N) is 1. The van der Waals surface area contributed by atoms with Gasteiger partial charge in [0.05, 0.1) is 5.88 Å². The van der Waals surface area contributed by atoms with Crippen molar-refractivity contribution in [3.8, 4) is 0 Å². The third-order valence-corrected chi connectivity index (χ3v) is 2.73. The summed E-state index contributed by atoms with van der Waals surface area (Å²) in [6, 6.07) is 0. The minimum absolute atomic E-state index is 0.163. The van der Waals surface area contributed by atoms with Crippen LogP contribution in [0, 0.1) is 0 Å². The fourth-order valence-electron chi connectivity index (χ4n) is 0.630. The largest absolute Gasteiger partial charge is 0.370 e. The van der Waals surface area contributed by atoms with Gasteiger partial charge in [0.25, 0.3) is 0 Å². The molecule has 2 N–H and O–H groups in total. The summed E-state index contributed by atoms with van der Waals surface area (Å²) in [5, 5.41) is 11.5. The van der Waals surface area contributed by atoms with E-state index in [1.54, 1.807) is 0 Å². The van der Waals surface area contributed by atoms with Gasteiger partial charge < -0.3 is 10.4 Å². The molecule has 0 aromatic rings. The Balaban J connectivity index is 3.99. The van der Waals surface area contributed by atoms with Gasteiger partial charge in [0, 0.05) is 6.42 Å². The molecule has 13 heavy (non-hydrogen) atoms. The molecule has 0 rings (SSSR count). The fraction of sp³-hybridized carbons (Fsp3) is 0.857. The normalized spacial score (nSPS) is 13.9. The van der Waals surface area contributed by atoms with Crippen molar-refractivity contribution in [1.29, 1.82) is 0 Å². The third kappa shape index (κ3) is 4.91. The van der Waals surface area contributed by atoms with Crippen LogP contribution in [0.3, 0.4) is 0 Å². The van der Waals surface area contributed by atoms with Gasteiger partial charge in [-0.05, 0) is 6.42 Å². The van der Waals surface area contributed by atoms with Crippen LogP contribution in [0.1, 0.15) is 19.8 Å². The van der Waals surface area contributed by atoms with Crippen molar-refractivity contribution in [2.24, 2.45) is 0 Å². The van der Waals surface area contributed by atoms with Crippen LogP contribution >= 0.6 is 34.8 Å². The summed E-state index contributed by atoms with van der Waals surface area (Å²) >= 11 is 16.5. The zero-order valence-electron chi connectivity index (χ0n) is 7.19. The zero-order chi connectivity index (χ0) is 10.5. The number of aliphatic hydroxyl groups excluding tert-OH is 1. The molecule has 0 aliphatic heterocycles. The number of amides is 1. The first-order chi connectivity index (χ1) is 5.94. The molecule has 0 radical (unpaired) electrons. The van der Waals surface area contributed by atoms with Gasteiger partial charge in [0.1, 0.15) is 0 Å². The summed E-state index contributed by atoms with van der Waals surface area (Å²) < 4.78 is -1.54. The Hall–Kier alpha value is 0.300. The van der Waals surface area contributed by atoms with Crippen LogP contribution in [0.25, 0.3) is 0 Å². The van der Waals surface area contributed by atoms with Crippen molar-refractivity contribution in [1.82, 2.24) is 5.32 Å². The first-order valence-electron chi connectivity index (χ1n) is 3.85. The summed E-state index contributed by atoms with van der Waals surface area (Å²) in [6.45, 7) is 1.85. The topological polar surface area (TPSA) is 49.3 Å². The predicted molar refractivity (Wildman–Crippen MR) is 54.2 cm³/mol. The van der Waals surface area contributed by atoms with Crippen LogP contribution in [0.4, 0.5) is 0 Å². The molecule has 0 aromatic carbocycles. The van der Waals surface area contributed by atoms with Crippen molar-refractivity contribution in [2.75, 3.05) is 5.88 Å². The van der Waals surface area contributed by atoms with E-state index in [-0.39, 0.29) is 11.8 Å².